The number of esters is 1. The van der Waals surface area contributed by atoms with Gasteiger partial charge in [-0.25, -0.2) is 4.79 Å². The molecule has 0 atom stereocenters. The molecular weight excluding hydrogens is 304 g/mol. The summed E-state index contributed by atoms with van der Waals surface area (Å²) in [6.07, 6.45) is 1.56. The van der Waals surface area contributed by atoms with Gasteiger partial charge in [-0.15, -0.1) is 0 Å². The smallest absolute Gasteiger partial charge is 0.343 e. The van der Waals surface area contributed by atoms with Crippen molar-refractivity contribution in [3.8, 4) is 0 Å². The Kier molecular flexibility index (Phi) is 4.42. The monoisotopic (exact) mass is 322 g/mol. The van der Waals surface area contributed by atoms with Crippen LogP contribution in [0.5, 0.6) is 0 Å². The molecule has 0 aliphatic rings. The van der Waals surface area contributed by atoms with Crippen LogP contribution in [0.4, 0.5) is 0 Å². The maximum atomic E-state index is 12.6. The fourth-order valence-electron chi connectivity index (χ4n) is 2.69. The van der Waals surface area contributed by atoms with E-state index in [9.17, 15) is 9.59 Å². The molecule has 0 saturated carbocycles. The summed E-state index contributed by atoms with van der Waals surface area (Å²) in [6.45, 7) is 4.34. The van der Waals surface area contributed by atoms with Crippen LogP contribution in [0.3, 0.4) is 0 Å². The number of pyridine rings is 2. The zero-order chi connectivity index (χ0) is 17.1. The van der Waals surface area contributed by atoms with Crippen molar-refractivity contribution in [2.24, 2.45) is 0 Å². The third-order valence-corrected chi connectivity index (χ3v) is 3.76. The summed E-state index contributed by atoms with van der Waals surface area (Å²) in [4.78, 5) is 29.2. The number of fused-ring (bicyclic) bond motifs is 1. The first-order valence-corrected chi connectivity index (χ1v) is 7.82. The Morgan fingerprint density at radius 2 is 1.96 bits per heavy atom. The summed E-state index contributed by atoms with van der Waals surface area (Å²) in [5, 5.41) is 0.496. The number of benzene rings is 1. The molecule has 0 aliphatic heterocycles. The SMILES string of the molecule is CCOC(=O)c1cn(Cc2cccc(C)n2)c2ccccc2c1=O. The van der Waals surface area contributed by atoms with E-state index in [1.165, 1.54) is 0 Å². The molecule has 0 aliphatic carbocycles. The average Bonchev–Trinajstić information content (AvgIpc) is 2.58. The van der Waals surface area contributed by atoms with Gasteiger partial charge in [0.15, 0.2) is 0 Å². The van der Waals surface area contributed by atoms with Crippen molar-refractivity contribution in [2.75, 3.05) is 6.61 Å². The van der Waals surface area contributed by atoms with Crippen LogP contribution in [0.25, 0.3) is 10.9 Å². The lowest BCUT2D eigenvalue weighted by atomic mass is 10.1. The van der Waals surface area contributed by atoms with Gasteiger partial charge in [0.05, 0.1) is 24.4 Å². The quantitative estimate of drug-likeness (QED) is 0.693. The maximum Gasteiger partial charge on any atom is 0.343 e. The highest BCUT2D eigenvalue weighted by molar-refractivity contribution is 5.93. The number of nitrogens with zero attached hydrogens (tertiary/aromatic N) is 2. The third kappa shape index (κ3) is 3.06. The van der Waals surface area contributed by atoms with E-state index >= 15 is 0 Å². The molecule has 5 heteroatoms. The lowest BCUT2D eigenvalue weighted by molar-refractivity contribution is 0.0524. The van der Waals surface area contributed by atoms with Gasteiger partial charge in [0, 0.05) is 17.3 Å². The standard InChI is InChI=1S/C19H18N2O3/c1-3-24-19(23)16-12-21(11-14-8-6-7-13(2)20-14)17-10-5-4-9-15(17)18(16)22/h4-10,12H,3,11H2,1-2H3. The van der Waals surface area contributed by atoms with E-state index in [0.29, 0.717) is 11.9 Å². The minimum Gasteiger partial charge on any atom is -0.462 e. The van der Waals surface area contributed by atoms with Crippen molar-refractivity contribution in [2.45, 2.75) is 20.4 Å². The second kappa shape index (κ2) is 6.66. The van der Waals surface area contributed by atoms with Gasteiger partial charge in [-0.05, 0) is 38.1 Å². The summed E-state index contributed by atoms with van der Waals surface area (Å²) in [6, 6.07) is 13.0. The Labute approximate surface area is 139 Å². The lowest BCUT2D eigenvalue weighted by Crippen LogP contribution is -2.21. The van der Waals surface area contributed by atoms with E-state index in [1.54, 1.807) is 25.3 Å². The number of para-hydroxylation sites is 1. The fourth-order valence-corrected chi connectivity index (χ4v) is 2.69. The van der Waals surface area contributed by atoms with E-state index in [0.717, 1.165) is 16.9 Å². The van der Waals surface area contributed by atoms with Gasteiger partial charge in [0.1, 0.15) is 5.56 Å². The average molecular weight is 322 g/mol. The van der Waals surface area contributed by atoms with Crippen molar-refractivity contribution in [3.63, 3.8) is 0 Å². The zero-order valence-corrected chi connectivity index (χ0v) is 13.7. The molecule has 0 unspecified atom stereocenters. The van der Waals surface area contributed by atoms with Gasteiger partial charge in [-0.3, -0.25) is 9.78 Å². The van der Waals surface area contributed by atoms with Crippen molar-refractivity contribution in [3.05, 3.63) is 75.8 Å². The van der Waals surface area contributed by atoms with Gasteiger partial charge in [-0.1, -0.05) is 18.2 Å². The first-order chi connectivity index (χ1) is 11.6. The Hall–Kier alpha value is -2.95. The summed E-state index contributed by atoms with van der Waals surface area (Å²) in [5.41, 5.74) is 2.28. The highest BCUT2D eigenvalue weighted by Crippen LogP contribution is 2.14. The molecule has 2 aromatic heterocycles. The number of carbonyl (C=O) groups is 1. The Morgan fingerprint density at radius 3 is 2.71 bits per heavy atom. The molecule has 0 bridgehead atoms. The molecule has 0 saturated heterocycles. The number of hydrogen-bond donors (Lipinski definition) is 0. The molecule has 1 aromatic carbocycles. The first-order valence-electron chi connectivity index (χ1n) is 7.82. The van der Waals surface area contributed by atoms with Crippen molar-refractivity contribution in [1.82, 2.24) is 9.55 Å². The lowest BCUT2D eigenvalue weighted by Gasteiger charge is -2.13. The highest BCUT2D eigenvalue weighted by Gasteiger charge is 2.16. The summed E-state index contributed by atoms with van der Waals surface area (Å²) in [7, 11) is 0. The number of aryl methyl sites for hydroxylation is 1. The molecule has 0 fully saturated rings. The normalized spacial score (nSPS) is 10.8. The number of carbonyl (C=O) groups excluding carboxylic acids is 1. The molecule has 2 heterocycles. The summed E-state index contributed by atoms with van der Waals surface area (Å²) in [5.74, 6) is -0.598. The number of aromatic nitrogens is 2. The van der Waals surface area contributed by atoms with Crippen LogP contribution in [0.2, 0.25) is 0 Å². The first kappa shape index (κ1) is 15.9. The fraction of sp³-hybridized carbons (Fsp3) is 0.211. The molecule has 3 rings (SSSR count). The summed E-state index contributed by atoms with van der Waals surface area (Å²) >= 11 is 0. The van der Waals surface area contributed by atoms with Gasteiger partial charge < -0.3 is 9.30 Å². The van der Waals surface area contributed by atoms with Gasteiger partial charge in [0.2, 0.25) is 5.43 Å². The van der Waals surface area contributed by atoms with Gasteiger partial charge >= 0.3 is 5.97 Å². The van der Waals surface area contributed by atoms with E-state index in [1.807, 2.05) is 41.8 Å². The molecule has 24 heavy (non-hydrogen) atoms. The van der Waals surface area contributed by atoms with E-state index in [-0.39, 0.29) is 17.6 Å². The molecule has 0 spiro atoms. The Balaban J connectivity index is 2.17. The molecule has 122 valence electrons. The van der Waals surface area contributed by atoms with Gasteiger partial charge in [0.25, 0.3) is 0 Å². The predicted molar refractivity (Wildman–Crippen MR) is 92.2 cm³/mol. The van der Waals surface area contributed by atoms with Crippen LogP contribution in [-0.4, -0.2) is 22.1 Å². The van der Waals surface area contributed by atoms with Crippen LogP contribution in [-0.2, 0) is 11.3 Å². The minimum absolute atomic E-state index is 0.0446. The van der Waals surface area contributed by atoms with Crippen LogP contribution < -0.4 is 5.43 Å². The molecule has 0 radical (unpaired) electrons. The van der Waals surface area contributed by atoms with E-state index in [2.05, 4.69) is 4.98 Å². The Bertz CT molecular complexity index is 960. The van der Waals surface area contributed by atoms with E-state index < -0.39 is 5.97 Å². The Morgan fingerprint density at radius 1 is 1.17 bits per heavy atom. The van der Waals surface area contributed by atoms with E-state index in [4.69, 9.17) is 4.74 Å². The topological polar surface area (TPSA) is 61.2 Å². The van der Waals surface area contributed by atoms with Crippen molar-refractivity contribution < 1.29 is 9.53 Å². The van der Waals surface area contributed by atoms with Crippen LogP contribution >= 0.6 is 0 Å². The van der Waals surface area contributed by atoms with Crippen LogP contribution in [0.1, 0.15) is 28.7 Å². The second-order valence-electron chi connectivity index (χ2n) is 5.51. The van der Waals surface area contributed by atoms with Crippen molar-refractivity contribution >= 4 is 16.9 Å². The second-order valence-corrected chi connectivity index (χ2v) is 5.51. The largest absolute Gasteiger partial charge is 0.462 e. The molecule has 0 N–H and O–H groups in total. The number of ether oxygens (including phenoxy) is 1. The number of hydrogen-bond acceptors (Lipinski definition) is 4. The molecule has 0 amide bonds. The number of rotatable bonds is 4. The molecule has 3 aromatic rings. The highest BCUT2D eigenvalue weighted by atomic mass is 16.5. The molecule has 5 nitrogen and oxygen atoms in total. The van der Waals surface area contributed by atoms with Crippen molar-refractivity contribution in [1.29, 1.82) is 0 Å². The predicted octanol–water partition coefficient (Wildman–Crippen LogP) is 2.93. The van der Waals surface area contributed by atoms with Gasteiger partial charge in [-0.2, -0.15) is 0 Å². The van der Waals surface area contributed by atoms with Crippen LogP contribution in [0, 0.1) is 6.92 Å². The third-order valence-electron chi connectivity index (χ3n) is 3.76. The zero-order valence-electron chi connectivity index (χ0n) is 13.7. The summed E-state index contributed by atoms with van der Waals surface area (Å²) < 4.78 is 6.88. The minimum atomic E-state index is -0.598. The van der Waals surface area contributed by atoms with Crippen LogP contribution in [0.15, 0.2) is 53.5 Å². The maximum absolute atomic E-state index is 12.6. The molecular formula is C19H18N2O3.